The van der Waals surface area contributed by atoms with Crippen LogP contribution in [0.2, 0.25) is 5.02 Å². The highest BCUT2D eigenvalue weighted by atomic mass is 35.5. The van der Waals surface area contributed by atoms with E-state index in [1.165, 1.54) is 31.3 Å². The van der Waals surface area contributed by atoms with Crippen molar-refractivity contribution in [1.29, 1.82) is 0 Å². The van der Waals surface area contributed by atoms with Crippen LogP contribution in [0.5, 0.6) is 0 Å². The lowest BCUT2D eigenvalue weighted by Crippen LogP contribution is -2.44. The maximum absolute atomic E-state index is 12.4. The second kappa shape index (κ2) is 9.52. The molecule has 1 amide bonds. The van der Waals surface area contributed by atoms with Gasteiger partial charge < -0.3 is 5.32 Å². The molecule has 0 heterocycles. The van der Waals surface area contributed by atoms with Gasteiger partial charge >= 0.3 is 0 Å². The van der Waals surface area contributed by atoms with E-state index >= 15 is 0 Å². The van der Waals surface area contributed by atoms with Gasteiger partial charge in [0.05, 0.1) is 11.4 Å². The molecule has 1 rings (SSSR count). The van der Waals surface area contributed by atoms with Crippen LogP contribution < -0.4 is 5.32 Å². The van der Waals surface area contributed by atoms with Crippen LogP contribution in [0.15, 0.2) is 29.2 Å². The van der Waals surface area contributed by atoms with Crippen molar-refractivity contribution in [3.63, 3.8) is 0 Å². The molecule has 142 valence electrons. The Morgan fingerprint density at radius 3 is 2.12 bits per heavy atom. The van der Waals surface area contributed by atoms with Crippen molar-refractivity contribution in [3.8, 4) is 0 Å². The standard InChI is InChI=1S/C17H28ClN3O3S/c1-13(2)21(14(3)4)11-10-19-17(22)12-20(5)25(23,24)16-8-6-15(18)7-9-16/h6-9,13-14H,10-12H2,1-5H3,(H,19,22). The second-order valence-corrected chi connectivity index (χ2v) is 8.97. The van der Waals surface area contributed by atoms with Gasteiger partial charge in [0.15, 0.2) is 0 Å². The second-order valence-electron chi connectivity index (χ2n) is 6.49. The Balaban J connectivity index is 2.57. The lowest BCUT2D eigenvalue weighted by atomic mass is 10.2. The van der Waals surface area contributed by atoms with E-state index in [0.717, 1.165) is 4.31 Å². The number of sulfonamides is 1. The van der Waals surface area contributed by atoms with Gasteiger partial charge in [0.1, 0.15) is 0 Å². The van der Waals surface area contributed by atoms with Crippen LogP contribution in [0.1, 0.15) is 27.7 Å². The highest BCUT2D eigenvalue weighted by Crippen LogP contribution is 2.17. The van der Waals surface area contributed by atoms with Crippen molar-refractivity contribution < 1.29 is 13.2 Å². The number of carbonyl (C=O) groups is 1. The summed E-state index contributed by atoms with van der Waals surface area (Å²) in [5.41, 5.74) is 0. The van der Waals surface area contributed by atoms with Crippen LogP contribution in [0.25, 0.3) is 0 Å². The molecular weight excluding hydrogens is 362 g/mol. The minimum Gasteiger partial charge on any atom is -0.354 e. The van der Waals surface area contributed by atoms with Crippen LogP contribution in [-0.2, 0) is 14.8 Å². The minimum atomic E-state index is -3.72. The Labute approximate surface area is 156 Å². The van der Waals surface area contributed by atoms with Gasteiger partial charge in [-0.3, -0.25) is 9.69 Å². The first-order valence-electron chi connectivity index (χ1n) is 8.30. The summed E-state index contributed by atoms with van der Waals surface area (Å²) < 4.78 is 25.9. The summed E-state index contributed by atoms with van der Waals surface area (Å²) in [6.07, 6.45) is 0. The predicted octanol–water partition coefficient (Wildman–Crippen LogP) is 2.20. The average Bonchev–Trinajstić information content (AvgIpc) is 2.51. The fourth-order valence-electron chi connectivity index (χ4n) is 2.57. The third-order valence-electron chi connectivity index (χ3n) is 3.91. The molecule has 0 radical (unpaired) electrons. The van der Waals surface area contributed by atoms with Gasteiger partial charge in [-0.25, -0.2) is 8.42 Å². The number of benzene rings is 1. The molecule has 0 spiro atoms. The van der Waals surface area contributed by atoms with Gasteiger partial charge in [0, 0.05) is 37.2 Å². The zero-order valence-corrected chi connectivity index (χ0v) is 17.1. The predicted molar refractivity (Wildman–Crippen MR) is 101 cm³/mol. The van der Waals surface area contributed by atoms with Crippen molar-refractivity contribution in [1.82, 2.24) is 14.5 Å². The first kappa shape index (κ1) is 21.9. The molecule has 25 heavy (non-hydrogen) atoms. The van der Waals surface area contributed by atoms with Crippen LogP contribution in [-0.4, -0.2) is 62.3 Å². The fraction of sp³-hybridized carbons (Fsp3) is 0.588. The quantitative estimate of drug-likeness (QED) is 0.702. The lowest BCUT2D eigenvalue weighted by molar-refractivity contribution is -0.121. The van der Waals surface area contributed by atoms with E-state index in [9.17, 15) is 13.2 Å². The molecule has 0 aromatic heterocycles. The largest absolute Gasteiger partial charge is 0.354 e. The highest BCUT2D eigenvalue weighted by molar-refractivity contribution is 7.89. The number of amides is 1. The zero-order valence-electron chi connectivity index (χ0n) is 15.5. The Morgan fingerprint density at radius 1 is 1.12 bits per heavy atom. The van der Waals surface area contributed by atoms with Gasteiger partial charge in [-0.1, -0.05) is 11.6 Å². The molecule has 0 unspecified atom stereocenters. The normalized spacial score (nSPS) is 12.4. The third-order valence-corrected chi connectivity index (χ3v) is 5.98. The first-order chi connectivity index (χ1) is 11.6. The molecule has 0 saturated carbocycles. The molecule has 0 aliphatic heterocycles. The van der Waals surface area contributed by atoms with Crippen molar-refractivity contribution in [3.05, 3.63) is 29.3 Å². The van der Waals surface area contributed by atoms with E-state index in [-0.39, 0.29) is 17.3 Å². The molecule has 0 fully saturated rings. The molecule has 0 atom stereocenters. The van der Waals surface area contributed by atoms with E-state index in [1.807, 2.05) is 0 Å². The maximum atomic E-state index is 12.4. The van der Waals surface area contributed by atoms with Crippen LogP contribution in [0.3, 0.4) is 0 Å². The summed E-state index contributed by atoms with van der Waals surface area (Å²) in [6.45, 7) is 9.39. The van der Waals surface area contributed by atoms with Crippen LogP contribution in [0.4, 0.5) is 0 Å². The first-order valence-corrected chi connectivity index (χ1v) is 10.1. The van der Waals surface area contributed by atoms with Gasteiger partial charge in [-0.2, -0.15) is 4.31 Å². The van der Waals surface area contributed by atoms with Crippen molar-refractivity contribution in [2.24, 2.45) is 0 Å². The van der Waals surface area contributed by atoms with Crippen molar-refractivity contribution in [2.45, 2.75) is 44.7 Å². The molecule has 1 N–H and O–H groups in total. The molecule has 0 aliphatic rings. The molecule has 0 bridgehead atoms. The molecular formula is C17H28ClN3O3S. The average molecular weight is 390 g/mol. The Hall–Kier alpha value is -1.15. The molecule has 8 heteroatoms. The van der Waals surface area contributed by atoms with Crippen LogP contribution >= 0.6 is 11.6 Å². The molecule has 1 aromatic rings. The Morgan fingerprint density at radius 2 is 1.64 bits per heavy atom. The number of likely N-dealkylation sites (N-methyl/N-ethyl adjacent to an activating group) is 1. The Bertz CT molecular complexity index is 652. The summed E-state index contributed by atoms with van der Waals surface area (Å²) in [5, 5.41) is 3.24. The summed E-state index contributed by atoms with van der Waals surface area (Å²) in [4.78, 5) is 14.4. The maximum Gasteiger partial charge on any atom is 0.243 e. The topological polar surface area (TPSA) is 69.7 Å². The van der Waals surface area contributed by atoms with Crippen molar-refractivity contribution in [2.75, 3.05) is 26.7 Å². The van der Waals surface area contributed by atoms with E-state index in [4.69, 9.17) is 11.6 Å². The van der Waals surface area contributed by atoms with Gasteiger partial charge in [0.25, 0.3) is 0 Å². The van der Waals surface area contributed by atoms with Crippen molar-refractivity contribution >= 4 is 27.5 Å². The summed E-state index contributed by atoms with van der Waals surface area (Å²) in [5.74, 6) is -0.326. The minimum absolute atomic E-state index is 0.109. The summed E-state index contributed by atoms with van der Waals surface area (Å²) in [6, 6.07) is 6.63. The van der Waals surface area contributed by atoms with Gasteiger partial charge in [0.2, 0.25) is 15.9 Å². The molecule has 1 aromatic carbocycles. The summed E-state index contributed by atoms with van der Waals surface area (Å²) >= 11 is 5.78. The molecule has 6 nitrogen and oxygen atoms in total. The SMILES string of the molecule is CC(C)N(CCNC(=O)CN(C)S(=O)(=O)c1ccc(Cl)cc1)C(C)C. The number of hydrogen-bond donors (Lipinski definition) is 1. The summed E-state index contributed by atoms with van der Waals surface area (Å²) in [7, 11) is -2.33. The number of halogens is 1. The number of nitrogens with zero attached hydrogens (tertiary/aromatic N) is 2. The van der Waals surface area contributed by atoms with E-state index < -0.39 is 10.0 Å². The van der Waals surface area contributed by atoms with Gasteiger partial charge in [-0.05, 0) is 52.0 Å². The highest BCUT2D eigenvalue weighted by Gasteiger charge is 2.23. The number of rotatable bonds is 9. The number of hydrogen-bond acceptors (Lipinski definition) is 4. The lowest BCUT2D eigenvalue weighted by Gasteiger charge is -2.30. The van der Waals surface area contributed by atoms with Gasteiger partial charge in [-0.15, -0.1) is 0 Å². The molecule has 0 saturated heterocycles. The molecule has 0 aliphatic carbocycles. The number of nitrogens with one attached hydrogen (secondary N) is 1. The monoisotopic (exact) mass is 389 g/mol. The fourth-order valence-corrected chi connectivity index (χ4v) is 3.82. The number of carbonyl (C=O) groups excluding carboxylic acids is 1. The Kier molecular flexibility index (Phi) is 8.34. The van der Waals surface area contributed by atoms with Crippen LogP contribution in [0, 0.1) is 0 Å². The zero-order chi connectivity index (χ0) is 19.2. The third kappa shape index (κ3) is 6.58. The van der Waals surface area contributed by atoms with E-state index in [1.54, 1.807) is 0 Å². The van der Waals surface area contributed by atoms with E-state index in [2.05, 4.69) is 37.9 Å². The van der Waals surface area contributed by atoms with E-state index in [0.29, 0.717) is 30.2 Å². The smallest absolute Gasteiger partial charge is 0.243 e.